The van der Waals surface area contributed by atoms with E-state index in [0.717, 1.165) is 0 Å². The molecule has 3 amide bonds. The Balaban J connectivity index is 1.90. The number of hydrogen-bond donors (Lipinski definition) is 1. The molecule has 0 radical (unpaired) electrons. The van der Waals surface area contributed by atoms with Crippen LogP contribution in [0.1, 0.15) is 50.4 Å². The molecule has 0 saturated carbocycles. The van der Waals surface area contributed by atoms with Crippen molar-refractivity contribution < 1.29 is 28.6 Å². The van der Waals surface area contributed by atoms with Crippen molar-refractivity contribution >= 4 is 23.4 Å². The van der Waals surface area contributed by atoms with Crippen LogP contribution in [0.2, 0.25) is 0 Å². The smallest absolute Gasteiger partial charge is 0.257 e. The van der Waals surface area contributed by atoms with Crippen LogP contribution < -0.4 is 10.1 Å². The minimum absolute atomic E-state index is 0.0113. The molecule has 3 rings (SSSR count). The molecule has 9 nitrogen and oxygen atoms in total. The average molecular weight is 490 g/mol. The van der Waals surface area contributed by atoms with E-state index in [1.807, 2.05) is 25.7 Å². The summed E-state index contributed by atoms with van der Waals surface area (Å²) >= 11 is 0. The highest BCUT2D eigenvalue weighted by molar-refractivity contribution is 5.99. The molecule has 0 spiro atoms. The van der Waals surface area contributed by atoms with Gasteiger partial charge in [-0.3, -0.25) is 14.4 Å². The van der Waals surface area contributed by atoms with E-state index in [2.05, 4.69) is 5.32 Å². The van der Waals surface area contributed by atoms with Gasteiger partial charge in [-0.25, -0.2) is 0 Å². The maximum Gasteiger partial charge on any atom is 0.257 e. The van der Waals surface area contributed by atoms with Gasteiger partial charge in [0.1, 0.15) is 12.4 Å². The fourth-order valence-electron chi connectivity index (χ4n) is 4.61. The van der Waals surface area contributed by atoms with Gasteiger partial charge in [0.05, 0.1) is 17.7 Å². The zero-order chi connectivity index (χ0) is 25.5. The Kier molecular flexibility index (Phi) is 9.51. The van der Waals surface area contributed by atoms with Crippen LogP contribution in [-0.4, -0.2) is 86.7 Å². The van der Waals surface area contributed by atoms with Crippen molar-refractivity contribution in [3.05, 3.63) is 23.8 Å². The van der Waals surface area contributed by atoms with Crippen LogP contribution in [0.25, 0.3) is 0 Å². The number of rotatable bonds is 4. The first-order valence-corrected chi connectivity index (χ1v) is 12.5. The molecule has 35 heavy (non-hydrogen) atoms. The Bertz CT molecular complexity index is 901. The van der Waals surface area contributed by atoms with Crippen LogP contribution in [0.4, 0.5) is 5.69 Å². The van der Waals surface area contributed by atoms with Crippen molar-refractivity contribution in [2.75, 3.05) is 52.4 Å². The van der Waals surface area contributed by atoms with Gasteiger partial charge >= 0.3 is 0 Å². The number of amides is 3. The first-order chi connectivity index (χ1) is 16.7. The van der Waals surface area contributed by atoms with Crippen molar-refractivity contribution in [3.8, 4) is 5.75 Å². The van der Waals surface area contributed by atoms with Crippen molar-refractivity contribution in [3.63, 3.8) is 0 Å². The van der Waals surface area contributed by atoms with Gasteiger partial charge in [-0.15, -0.1) is 0 Å². The summed E-state index contributed by atoms with van der Waals surface area (Å²) < 4.78 is 17.2. The van der Waals surface area contributed by atoms with Crippen molar-refractivity contribution in [2.24, 2.45) is 11.8 Å². The van der Waals surface area contributed by atoms with Gasteiger partial charge in [-0.1, -0.05) is 13.8 Å². The Labute approximate surface area is 208 Å². The second kappa shape index (κ2) is 12.4. The number of likely N-dealkylation sites (N-methyl/N-ethyl adjacent to an activating group) is 1. The van der Waals surface area contributed by atoms with Crippen LogP contribution in [0, 0.1) is 11.8 Å². The van der Waals surface area contributed by atoms with Gasteiger partial charge in [-0.2, -0.15) is 0 Å². The van der Waals surface area contributed by atoms with Crippen LogP contribution in [0.5, 0.6) is 5.75 Å². The third-order valence-corrected chi connectivity index (χ3v) is 6.93. The molecule has 1 aromatic rings. The molecule has 0 aliphatic carbocycles. The molecule has 1 saturated heterocycles. The van der Waals surface area contributed by atoms with E-state index in [9.17, 15) is 14.4 Å². The summed E-state index contributed by atoms with van der Waals surface area (Å²) in [6.07, 6.45) is 1.52. The van der Waals surface area contributed by atoms with E-state index >= 15 is 0 Å². The molecule has 0 aromatic heterocycles. The fourth-order valence-corrected chi connectivity index (χ4v) is 4.61. The molecular weight excluding hydrogens is 450 g/mol. The molecule has 3 atom stereocenters. The van der Waals surface area contributed by atoms with E-state index in [0.29, 0.717) is 62.6 Å². The number of anilines is 1. The molecule has 0 bridgehead atoms. The lowest BCUT2D eigenvalue weighted by Crippen LogP contribution is -2.48. The van der Waals surface area contributed by atoms with Crippen molar-refractivity contribution in [2.45, 2.75) is 52.2 Å². The first kappa shape index (κ1) is 26.9. The Hall–Kier alpha value is -2.65. The van der Waals surface area contributed by atoms with Crippen LogP contribution in [-0.2, 0) is 19.1 Å². The molecule has 2 aliphatic heterocycles. The second-order valence-corrected chi connectivity index (χ2v) is 9.58. The number of nitrogens with one attached hydrogen (secondary N) is 1. The topological polar surface area (TPSA) is 97.4 Å². The highest BCUT2D eigenvalue weighted by Gasteiger charge is 2.30. The number of hydrogen-bond acceptors (Lipinski definition) is 6. The summed E-state index contributed by atoms with van der Waals surface area (Å²) in [7, 11) is 3.35. The van der Waals surface area contributed by atoms with E-state index in [1.54, 1.807) is 37.3 Å². The zero-order valence-electron chi connectivity index (χ0n) is 21.5. The Morgan fingerprint density at radius 3 is 2.54 bits per heavy atom. The minimum Gasteiger partial charge on any atom is -0.491 e. The van der Waals surface area contributed by atoms with Gasteiger partial charge in [0.15, 0.2) is 0 Å². The molecule has 9 heteroatoms. The molecule has 194 valence electrons. The lowest BCUT2D eigenvalue weighted by Gasteiger charge is -2.36. The summed E-state index contributed by atoms with van der Waals surface area (Å²) in [4.78, 5) is 42.3. The maximum absolute atomic E-state index is 13.5. The standard InChI is InChI=1S/C26H39N3O6/c1-6-24(30)29-14-17(2)23(33-5)15-28(4)26(32)21-13-20(7-8-22(21)35-16-18(29)3)27-25(31)19-9-11-34-12-10-19/h7-8,13,17-19,23H,6,9-12,14-16H2,1-5H3,(H,27,31)/t17-,18+,23+/m1/s1. The first-order valence-electron chi connectivity index (χ1n) is 12.5. The predicted octanol–water partition coefficient (Wildman–Crippen LogP) is 2.79. The summed E-state index contributed by atoms with van der Waals surface area (Å²) in [5.41, 5.74) is 0.908. The average Bonchev–Trinajstić information content (AvgIpc) is 2.88. The number of ether oxygens (including phenoxy) is 3. The van der Waals surface area contributed by atoms with E-state index < -0.39 is 0 Å². The van der Waals surface area contributed by atoms with E-state index in [4.69, 9.17) is 14.2 Å². The number of fused-ring (bicyclic) bond motifs is 1. The summed E-state index contributed by atoms with van der Waals surface area (Å²) in [6.45, 7) is 8.10. The zero-order valence-corrected chi connectivity index (χ0v) is 21.5. The van der Waals surface area contributed by atoms with Gasteiger partial charge in [0.2, 0.25) is 11.8 Å². The van der Waals surface area contributed by atoms with Gasteiger partial charge in [0, 0.05) is 64.4 Å². The molecule has 2 aliphatic rings. The predicted molar refractivity (Wildman–Crippen MR) is 132 cm³/mol. The lowest BCUT2D eigenvalue weighted by atomic mass is 9.99. The van der Waals surface area contributed by atoms with Gasteiger partial charge in [-0.05, 0) is 38.0 Å². The highest BCUT2D eigenvalue weighted by Crippen LogP contribution is 2.27. The van der Waals surface area contributed by atoms with E-state index in [1.165, 1.54) is 0 Å². The van der Waals surface area contributed by atoms with Gasteiger partial charge in [0.25, 0.3) is 5.91 Å². The fraction of sp³-hybridized carbons (Fsp3) is 0.654. The number of carbonyl (C=O) groups excluding carboxylic acids is 3. The molecule has 2 heterocycles. The van der Waals surface area contributed by atoms with Crippen LogP contribution in [0.3, 0.4) is 0 Å². The van der Waals surface area contributed by atoms with Crippen molar-refractivity contribution in [1.82, 2.24) is 9.80 Å². The monoisotopic (exact) mass is 489 g/mol. The normalized spacial score (nSPS) is 24.6. The minimum atomic E-state index is -0.247. The molecule has 0 unspecified atom stereocenters. The maximum atomic E-state index is 13.5. The molecule has 1 N–H and O–H groups in total. The second-order valence-electron chi connectivity index (χ2n) is 9.58. The third kappa shape index (κ3) is 6.73. The Morgan fingerprint density at radius 1 is 1.17 bits per heavy atom. The van der Waals surface area contributed by atoms with Crippen LogP contribution in [0.15, 0.2) is 18.2 Å². The SMILES string of the molecule is CCC(=O)N1C[C@@H](C)[C@@H](OC)CN(C)C(=O)c2cc(NC(=O)C3CCOCC3)ccc2OC[C@@H]1C. The molecule has 1 aromatic carbocycles. The van der Waals surface area contributed by atoms with Crippen molar-refractivity contribution in [1.29, 1.82) is 0 Å². The third-order valence-electron chi connectivity index (χ3n) is 6.93. The number of carbonyl (C=O) groups is 3. The summed E-state index contributed by atoms with van der Waals surface area (Å²) in [5, 5.41) is 2.95. The van der Waals surface area contributed by atoms with Crippen LogP contribution >= 0.6 is 0 Å². The number of nitrogens with zero attached hydrogens (tertiary/aromatic N) is 2. The van der Waals surface area contributed by atoms with Gasteiger partial charge < -0.3 is 29.3 Å². The highest BCUT2D eigenvalue weighted by atomic mass is 16.5. The molecular formula is C26H39N3O6. The number of benzene rings is 1. The van der Waals surface area contributed by atoms with E-state index in [-0.39, 0.29) is 48.3 Å². The molecule has 1 fully saturated rings. The summed E-state index contributed by atoms with van der Waals surface area (Å²) in [6, 6.07) is 4.94. The Morgan fingerprint density at radius 2 is 1.89 bits per heavy atom. The lowest BCUT2D eigenvalue weighted by molar-refractivity contribution is -0.135. The number of methoxy groups -OCH3 is 1. The summed E-state index contributed by atoms with van der Waals surface area (Å²) in [5.74, 6) is 0.0910. The quantitative estimate of drug-likeness (QED) is 0.699. The largest absolute Gasteiger partial charge is 0.491 e.